The molecule has 2 unspecified atom stereocenters. The second-order valence-corrected chi connectivity index (χ2v) is 5.28. The van der Waals surface area contributed by atoms with Gasteiger partial charge in [-0.3, -0.25) is 9.59 Å². The normalized spacial score (nSPS) is 27.4. The van der Waals surface area contributed by atoms with Gasteiger partial charge in [-0.25, -0.2) is 0 Å². The van der Waals surface area contributed by atoms with Gasteiger partial charge in [0.15, 0.2) is 0 Å². The molecule has 19 heavy (non-hydrogen) atoms. The largest absolute Gasteiger partial charge is 0.454 e. The number of ether oxygens (including phenoxy) is 2. The van der Waals surface area contributed by atoms with E-state index < -0.39 is 5.60 Å². The van der Waals surface area contributed by atoms with Gasteiger partial charge in [0.2, 0.25) is 0 Å². The molecule has 0 N–H and O–H groups in total. The Balaban J connectivity index is 3.32. The predicted octanol–water partition coefficient (Wildman–Crippen LogP) is 3.13. The van der Waals surface area contributed by atoms with Crippen LogP contribution >= 0.6 is 0 Å². The molecule has 0 amide bonds. The third kappa shape index (κ3) is 2.72. The van der Waals surface area contributed by atoms with Crippen LogP contribution in [-0.4, -0.2) is 17.5 Å². The van der Waals surface area contributed by atoms with Crippen molar-refractivity contribution in [2.24, 2.45) is 5.92 Å². The molecule has 0 spiro atoms. The number of hydrogen-bond donors (Lipinski definition) is 0. The number of allylic oxidation sites excluding steroid dienone is 1. The number of esters is 2. The maximum absolute atomic E-state index is 11.3. The summed E-state index contributed by atoms with van der Waals surface area (Å²) in [5.74, 6) is -0.105. The van der Waals surface area contributed by atoms with Gasteiger partial charge in [-0.2, -0.15) is 0 Å². The van der Waals surface area contributed by atoms with E-state index in [-0.39, 0.29) is 17.9 Å². The van der Waals surface area contributed by atoms with Crippen molar-refractivity contribution in [2.45, 2.75) is 54.1 Å². The third-order valence-electron chi connectivity index (χ3n) is 4.08. The minimum Gasteiger partial charge on any atom is -0.454 e. The number of carbonyl (C=O) groups excluding carboxylic acids is 2. The van der Waals surface area contributed by atoms with Crippen molar-refractivity contribution >= 4 is 11.9 Å². The van der Waals surface area contributed by atoms with Crippen molar-refractivity contribution in [3.05, 3.63) is 22.5 Å². The van der Waals surface area contributed by atoms with Crippen LogP contribution in [0.15, 0.2) is 22.5 Å². The number of carbonyl (C=O) groups is 2. The van der Waals surface area contributed by atoms with Crippen LogP contribution in [-0.2, 0) is 19.1 Å². The maximum atomic E-state index is 11.3. The Labute approximate surface area is 114 Å². The van der Waals surface area contributed by atoms with Crippen LogP contribution in [0, 0.1) is 5.92 Å². The summed E-state index contributed by atoms with van der Waals surface area (Å²) in [5.41, 5.74) is 2.00. The van der Waals surface area contributed by atoms with E-state index >= 15 is 0 Å². The van der Waals surface area contributed by atoms with Crippen molar-refractivity contribution in [2.75, 3.05) is 0 Å². The first-order valence-corrected chi connectivity index (χ1v) is 6.38. The lowest BCUT2D eigenvalue weighted by Gasteiger charge is -2.41. The van der Waals surface area contributed by atoms with E-state index in [1.54, 1.807) is 0 Å². The molecule has 4 heteroatoms. The van der Waals surface area contributed by atoms with E-state index in [0.717, 1.165) is 16.7 Å². The van der Waals surface area contributed by atoms with E-state index in [2.05, 4.69) is 0 Å². The Morgan fingerprint density at radius 3 is 2.05 bits per heavy atom. The van der Waals surface area contributed by atoms with E-state index in [4.69, 9.17) is 9.47 Å². The molecule has 2 atom stereocenters. The molecule has 0 fully saturated rings. The van der Waals surface area contributed by atoms with Crippen molar-refractivity contribution in [1.29, 1.82) is 0 Å². The van der Waals surface area contributed by atoms with Crippen molar-refractivity contribution in [1.82, 2.24) is 0 Å². The van der Waals surface area contributed by atoms with Gasteiger partial charge in [-0.05, 0) is 44.4 Å². The summed E-state index contributed by atoms with van der Waals surface area (Å²) in [4.78, 5) is 22.5. The number of rotatable bonds is 2. The average Bonchev–Trinajstić information content (AvgIpc) is 2.29. The molecule has 0 bridgehead atoms. The van der Waals surface area contributed by atoms with Crippen molar-refractivity contribution < 1.29 is 19.1 Å². The fourth-order valence-electron chi connectivity index (χ4n) is 2.54. The van der Waals surface area contributed by atoms with Crippen LogP contribution in [0.5, 0.6) is 0 Å². The zero-order valence-electron chi connectivity index (χ0n) is 12.7. The summed E-state index contributed by atoms with van der Waals surface area (Å²) in [7, 11) is 0. The summed E-state index contributed by atoms with van der Waals surface area (Å²) in [6, 6.07) is 0. The second-order valence-electron chi connectivity index (χ2n) is 5.28. The van der Waals surface area contributed by atoms with Crippen LogP contribution in [0.4, 0.5) is 0 Å². The fourth-order valence-corrected chi connectivity index (χ4v) is 2.54. The molecule has 106 valence electrons. The Bertz CT molecular complexity index is 484. The zero-order chi connectivity index (χ0) is 15.0. The van der Waals surface area contributed by atoms with E-state index in [1.165, 1.54) is 13.8 Å². The van der Waals surface area contributed by atoms with Crippen molar-refractivity contribution in [3.63, 3.8) is 0 Å². The molecule has 0 saturated carbocycles. The van der Waals surface area contributed by atoms with Gasteiger partial charge in [0.25, 0.3) is 0 Å². The molecule has 0 aromatic carbocycles. The molecule has 0 heterocycles. The molecular formula is C15H22O4. The first kappa shape index (κ1) is 15.5. The first-order chi connectivity index (χ1) is 8.61. The van der Waals surface area contributed by atoms with Gasteiger partial charge < -0.3 is 9.47 Å². The molecule has 4 nitrogen and oxygen atoms in total. The standard InChI is InChI=1S/C15H22O4/c1-8-10(3)15(7,19-13(6)17)11(4)9(2)14(8)18-12(5)16/h10H,1-7H3. The van der Waals surface area contributed by atoms with Crippen LogP contribution in [0.3, 0.4) is 0 Å². The van der Waals surface area contributed by atoms with E-state index in [9.17, 15) is 9.59 Å². The van der Waals surface area contributed by atoms with Gasteiger partial charge >= 0.3 is 11.9 Å². The minimum atomic E-state index is -0.691. The Morgan fingerprint density at radius 1 is 1.11 bits per heavy atom. The molecule has 0 saturated heterocycles. The van der Waals surface area contributed by atoms with E-state index in [1.807, 2.05) is 34.6 Å². The molecule has 0 aromatic heterocycles. The molecule has 1 rings (SSSR count). The highest BCUT2D eigenvalue weighted by molar-refractivity contribution is 5.70. The molecular weight excluding hydrogens is 244 g/mol. The minimum absolute atomic E-state index is 0.0468. The smallest absolute Gasteiger partial charge is 0.308 e. The van der Waals surface area contributed by atoms with Gasteiger partial charge in [0.1, 0.15) is 11.4 Å². The first-order valence-electron chi connectivity index (χ1n) is 6.38. The molecule has 1 aliphatic carbocycles. The topological polar surface area (TPSA) is 52.6 Å². The Hall–Kier alpha value is -1.58. The fraction of sp³-hybridized carbons (Fsp3) is 0.600. The van der Waals surface area contributed by atoms with Gasteiger partial charge in [0, 0.05) is 19.8 Å². The SMILES string of the molecule is CC(=O)OC1=C(C)C(C)C(C)(OC(C)=O)C(C)=C1C. The van der Waals surface area contributed by atoms with Gasteiger partial charge in [-0.1, -0.05) is 6.92 Å². The quantitative estimate of drug-likeness (QED) is 0.720. The van der Waals surface area contributed by atoms with Gasteiger partial charge in [-0.15, -0.1) is 0 Å². The lowest BCUT2D eigenvalue weighted by Crippen LogP contribution is -2.43. The highest BCUT2D eigenvalue weighted by atomic mass is 16.6. The van der Waals surface area contributed by atoms with Crippen molar-refractivity contribution in [3.8, 4) is 0 Å². The summed E-state index contributed by atoms with van der Waals surface area (Å²) in [5, 5.41) is 0. The Morgan fingerprint density at radius 2 is 1.63 bits per heavy atom. The lowest BCUT2D eigenvalue weighted by atomic mass is 9.73. The summed E-state index contributed by atoms with van der Waals surface area (Å²) in [6.45, 7) is 12.3. The predicted molar refractivity (Wildman–Crippen MR) is 72.2 cm³/mol. The number of hydrogen-bond acceptors (Lipinski definition) is 4. The summed E-state index contributed by atoms with van der Waals surface area (Å²) < 4.78 is 10.8. The maximum Gasteiger partial charge on any atom is 0.308 e. The molecule has 0 aliphatic heterocycles. The lowest BCUT2D eigenvalue weighted by molar-refractivity contribution is -0.155. The van der Waals surface area contributed by atoms with Crippen LogP contribution in [0.2, 0.25) is 0 Å². The highest BCUT2D eigenvalue weighted by Gasteiger charge is 2.43. The van der Waals surface area contributed by atoms with E-state index in [0.29, 0.717) is 5.76 Å². The van der Waals surface area contributed by atoms with Crippen LogP contribution < -0.4 is 0 Å². The molecule has 0 radical (unpaired) electrons. The Kier molecular flexibility index (Phi) is 4.23. The molecule has 1 aliphatic rings. The van der Waals surface area contributed by atoms with Crippen LogP contribution in [0.25, 0.3) is 0 Å². The van der Waals surface area contributed by atoms with Gasteiger partial charge in [0.05, 0.1) is 0 Å². The highest BCUT2D eigenvalue weighted by Crippen LogP contribution is 2.43. The zero-order valence-corrected chi connectivity index (χ0v) is 12.7. The monoisotopic (exact) mass is 266 g/mol. The average molecular weight is 266 g/mol. The molecule has 0 aromatic rings. The second kappa shape index (κ2) is 5.19. The summed E-state index contributed by atoms with van der Waals surface area (Å²) >= 11 is 0. The van der Waals surface area contributed by atoms with Crippen LogP contribution in [0.1, 0.15) is 48.5 Å². The summed E-state index contributed by atoms with van der Waals surface area (Å²) in [6.07, 6.45) is 0. The third-order valence-corrected chi connectivity index (χ3v) is 4.08.